The number of rotatable bonds is 9. The predicted octanol–water partition coefficient (Wildman–Crippen LogP) is 1.87. The maximum atomic E-state index is 11.9. The van der Waals surface area contributed by atoms with Crippen molar-refractivity contribution in [1.29, 1.82) is 0 Å². The van der Waals surface area contributed by atoms with Crippen molar-refractivity contribution in [2.24, 2.45) is 0 Å². The van der Waals surface area contributed by atoms with Crippen LogP contribution in [0.15, 0.2) is 33.9 Å². The third kappa shape index (κ3) is 5.76. The number of thioether (sulfide) groups is 1. The van der Waals surface area contributed by atoms with Gasteiger partial charge in [-0.05, 0) is 45.0 Å². The Morgan fingerprint density at radius 1 is 1.23 bits per heavy atom. The summed E-state index contributed by atoms with van der Waals surface area (Å²) >= 11 is 1.11. The number of nitrogens with zero attached hydrogens (tertiary/aromatic N) is 2. The second-order valence-corrected chi connectivity index (χ2v) is 6.23. The van der Waals surface area contributed by atoms with E-state index < -0.39 is 6.04 Å². The number of likely N-dealkylation sites (N-methyl/N-ethyl adjacent to an activating group) is 1. The van der Waals surface area contributed by atoms with E-state index in [1.807, 2.05) is 38.1 Å². The molecule has 0 bridgehead atoms. The number of carbonyl (C=O) groups is 2. The number of ether oxygens (including phenoxy) is 1. The van der Waals surface area contributed by atoms with Gasteiger partial charge < -0.3 is 19.8 Å². The van der Waals surface area contributed by atoms with Crippen LogP contribution in [0.25, 0.3) is 11.5 Å². The molecule has 2 amide bonds. The second-order valence-electron chi connectivity index (χ2n) is 5.30. The van der Waals surface area contributed by atoms with E-state index in [0.29, 0.717) is 19.0 Å². The molecule has 140 valence electrons. The molecule has 9 heteroatoms. The van der Waals surface area contributed by atoms with E-state index in [2.05, 4.69) is 20.8 Å². The number of carbonyl (C=O) groups excluding carboxylic acids is 2. The van der Waals surface area contributed by atoms with Crippen molar-refractivity contribution in [2.75, 3.05) is 18.9 Å². The molecular formula is C17H22N4O4S. The minimum absolute atomic E-state index is 0.0780. The molecule has 0 fully saturated rings. The highest BCUT2D eigenvalue weighted by molar-refractivity contribution is 7.99. The summed E-state index contributed by atoms with van der Waals surface area (Å²) in [6.07, 6.45) is 0. The van der Waals surface area contributed by atoms with Crippen LogP contribution < -0.4 is 15.4 Å². The van der Waals surface area contributed by atoms with Gasteiger partial charge in [-0.2, -0.15) is 0 Å². The van der Waals surface area contributed by atoms with Gasteiger partial charge >= 0.3 is 0 Å². The molecule has 0 spiro atoms. The van der Waals surface area contributed by atoms with Gasteiger partial charge in [-0.15, -0.1) is 10.2 Å². The molecule has 1 aromatic heterocycles. The summed E-state index contributed by atoms with van der Waals surface area (Å²) in [6, 6.07) is 6.71. The molecule has 2 rings (SSSR count). The topological polar surface area (TPSA) is 106 Å². The normalized spacial score (nSPS) is 11.7. The lowest BCUT2D eigenvalue weighted by atomic mass is 10.2. The van der Waals surface area contributed by atoms with Crippen LogP contribution in [0, 0.1) is 0 Å². The highest BCUT2D eigenvalue weighted by atomic mass is 32.2. The van der Waals surface area contributed by atoms with E-state index in [1.165, 1.54) is 0 Å². The lowest BCUT2D eigenvalue weighted by molar-refractivity contribution is -0.127. The number of aromatic nitrogens is 2. The molecular weight excluding hydrogens is 356 g/mol. The SMILES string of the molecule is CCNC(=O)[C@@H](C)NC(=O)CSc1nnc(-c2ccc(OCC)cc2)o1. The van der Waals surface area contributed by atoms with E-state index in [9.17, 15) is 9.59 Å². The van der Waals surface area contributed by atoms with Gasteiger partial charge in [-0.1, -0.05) is 11.8 Å². The first-order valence-corrected chi connectivity index (χ1v) is 9.28. The van der Waals surface area contributed by atoms with Crippen molar-refractivity contribution in [3.8, 4) is 17.2 Å². The highest BCUT2D eigenvalue weighted by Gasteiger charge is 2.16. The van der Waals surface area contributed by atoms with Gasteiger partial charge in [0, 0.05) is 12.1 Å². The van der Waals surface area contributed by atoms with E-state index in [1.54, 1.807) is 6.92 Å². The van der Waals surface area contributed by atoms with Gasteiger partial charge in [0.25, 0.3) is 5.22 Å². The number of hydrogen-bond acceptors (Lipinski definition) is 7. The van der Waals surface area contributed by atoms with Gasteiger partial charge in [-0.25, -0.2) is 0 Å². The summed E-state index contributed by atoms with van der Waals surface area (Å²) in [4.78, 5) is 23.5. The minimum Gasteiger partial charge on any atom is -0.494 e. The standard InChI is InChI=1S/C17H22N4O4S/c1-4-18-15(23)11(3)19-14(22)10-26-17-21-20-16(25-17)12-6-8-13(9-7-12)24-5-2/h6-9,11H,4-5,10H2,1-3H3,(H,18,23)(H,19,22)/t11-/m1/s1. The zero-order valence-corrected chi connectivity index (χ0v) is 15.8. The Hall–Kier alpha value is -2.55. The average Bonchev–Trinajstić information content (AvgIpc) is 3.10. The summed E-state index contributed by atoms with van der Waals surface area (Å²) in [5, 5.41) is 13.5. The molecule has 1 aromatic carbocycles. The van der Waals surface area contributed by atoms with E-state index in [4.69, 9.17) is 9.15 Å². The highest BCUT2D eigenvalue weighted by Crippen LogP contribution is 2.24. The van der Waals surface area contributed by atoms with Crippen LogP contribution in [0.1, 0.15) is 20.8 Å². The van der Waals surface area contributed by atoms with Crippen molar-refractivity contribution in [3.63, 3.8) is 0 Å². The summed E-state index contributed by atoms with van der Waals surface area (Å²) in [7, 11) is 0. The third-order valence-electron chi connectivity index (χ3n) is 3.27. The molecule has 0 unspecified atom stereocenters. The van der Waals surface area contributed by atoms with Crippen LogP contribution in [0.5, 0.6) is 5.75 Å². The second kappa shape index (κ2) is 9.81. The Kier molecular flexibility index (Phi) is 7.46. The molecule has 0 aliphatic rings. The van der Waals surface area contributed by atoms with Crippen LogP contribution in [0.3, 0.4) is 0 Å². The summed E-state index contributed by atoms with van der Waals surface area (Å²) in [5.74, 6) is 0.709. The van der Waals surface area contributed by atoms with Gasteiger partial charge in [0.05, 0.1) is 12.4 Å². The molecule has 0 saturated carbocycles. The fraction of sp³-hybridized carbons (Fsp3) is 0.412. The number of amides is 2. The molecule has 26 heavy (non-hydrogen) atoms. The molecule has 1 atom stereocenters. The van der Waals surface area contributed by atoms with Gasteiger partial charge in [0.15, 0.2) is 0 Å². The van der Waals surface area contributed by atoms with Crippen molar-refractivity contribution in [2.45, 2.75) is 32.0 Å². The smallest absolute Gasteiger partial charge is 0.277 e. The maximum absolute atomic E-state index is 11.9. The van der Waals surface area contributed by atoms with Crippen molar-refractivity contribution in [3.05, 3.63) is 24.3 Å². The van der Waals surface area contributed by atoms with Gasteiger partial charge in [0.2, 0.25) is 17.7 Å². The molecule has 2 aromatic rings. The van der Waals surface area contributed by atoms with Gasteiger partial charge in [0.1, 0.15) is 11.8 Å². The average molecular weight is 378 g/mol. The quantitative estimate of drug-likeness (QED) is 0.642. The third-order valence-corrected chi connectivity index (χ3v) is 4.09. The molecule has 0 aliphatic heterocycles. The van der Waals surface area contributed by atoms with E-state index in [-0.39, 0.29) is 22.8 Å². The van der Waals surface area contributed by atoms with E-state index in [0.717, 1.165) is 23.1 Å². The first-order valence-electron chi connectivity index (χ1n) is 8.30. The zero-order valence-electron chi connectivity index (χ0n) is 14.9. The van der Waals surface area contributed by atoms with Crippen molar-refractivity contribution < 1.29 is 18.7 Å². The number of nitrogens with one attached hydrogen (secondary N) is 2. The van der Waals surface area contributed by atoms with Crippen LogP contribution in [-0.2, 0) is 9.59 Å². The predicted molar refractivity (Wildman–Crippen MR) is 97.9 cm³/mol. The Morgan fingerprint density at radius 2 is 1.96 bits per heavy atom. The van der Waals surface area contributed by atoms with Crippen LogP contribution >= 0.6 is 11.8 Å². The molecule has 2 N–H and O–H groups in total. The molecule has 0 saturated heterocycles. The van der Waals surface area contributed by atoms with Crippen LogP contribution in [0.4, 0.5) is 0 Å². The minimum atomic E-state index is -0.592. The zero-order chi connectivity index (χ0) is 18.9. The Labute approximate surface area is 156 Å². The summed E-state index contributed by atoms with van der Waals surface area (Å²) in [6.45, 7) is 6.48. The summed E-state index contributed by atoms with van der Waals surface area (Å²) in [5.41, 5.74) is 0.766. The van der Waals surface area contributed by atoms with E-state index >= 15 is 0 Å². The van der Waals surface area contributed by atoms with Crippen LogP contribution in [0.2, 0.25) is 0 Å². The summed E-state index contributed by atoms with van der Waals surface area (Å²) < 4.78 is 10.9. The Bertz CT molecular complexity index is 733. The molecule has 0 aliphatic carbocycles. The fourth-order valence-corrected chi connectivity index (χ4v) is 2.62. The molecule has 0 radical (unpaired) electrons. The maximum Gasteiger partial charge on any atom is 0.277 e. The number of hydrogen-bond donors (Lipinski definition) is 2. The molecule has 1 heterocycles. The molecule has 8 nitrogen and oxygen atoms in total. The Balaban J connectivity index is 1.86. The van der Waals surface area contributed by atoms with Gasteiger partial charge in [-0.3, -0.25) is 9.59 Å². The lowest BCUT2D eigenvalue weighted by Crippen LogP contribution is -2.45. The monoisotopic (exact) mass is 378 g/mol. The first kappa shape index (κ1) is 19.8. The fourth-order valence-electron chi connectivity index (χ4n) is 2.05. The lowest BCUT2D eigenvalue weighted by Gasteiger charge is -2.12. The number of benzene rings is 1. The Morgan fingerprint density at radius 3 is 2.62 bits per heavy atom. The largest absolute Gasteiger partial charge is 0.494 e. The first-order chi connectivity index (χ1) is 12.5. The van der Waals surface area contributed by atoms with Crippen LogP contribution in [-0.4, -0.2) is 47.0 Å². The van der Waals surface area contributed by atoms with Crippen molar-refractivity contribution >= 4 is 23.6 Å². The van der Waals surface area contributed by atoms with Crippen molar-refractivity contribution in [1.82, 2.24) is 20.8 Å².